The average Bonchev–Trinajstić information content (AvgIpc) is 3.05. The number of aryl methyl sites for hydroxylation is 1. The molecule has 0 N–H and O–H groups in total. The third kappa shape index (κ3) is 4.78. The Balaban J connectivity index is 1.62. The van der Waals surface area contributed by atoms with E-state index in [4.69, 9.17) is 16.3 Å². The lowest BCUT2D eigenvalue weighted by atomic mass is 10.2. The number of ether oxygens (including phenoxy) is 1. The van der Waals surface area contributed by atoms with E-state index in [1.807, 2.05) is 43.3 Å². The van der Waals surface area contributed by atoms with Gasteiger partial charge in [0.25, 0.3) is 0 Å². The molecule has 0 fully saturated rings. The van der Waals surface area contributed by atoms with E-state index >= 15 is 0 Å². The van der Waals surface area contributed by atoms with Gasteiger partial charge in [0.2, 0.25) is 0 Å². The van der Waals surface area contributed by atoms with Crippen LogP contribution in [0.15, 0.2) is 60.8 Å². The Labute approximate surface area is 150 Å². The molecule has 6 heteroatoms. The number of halogens is 1. The molecule has 1 heterocycles. The molecule has 0 unspecified atom stereocenters. The third-order valence-corrected chi connectivity index (χ3v) is 3.74. The minimum Gasteiger partial charge on any atom is -0.422 e. The summed E-state index contributed by atoms with van der Waals surface area (Å²) in [4.78, 5) is 11.9. The summed E-state index contributed by atoms with van der Waals surface area (Å²) in [6, 6.07) is 15.2. The van der Waals surface area contributed by atoms with Crippen LogP contribution in [0.1, 0.15) is 16.8 Å². The zero-order valence-corrected chi connectivity index (χ0v) is 14.3. The highest BCUT2D eigenvalue weighted by Gasteiger charge is 2.06. The first-order chi connectivity index (χ1) is 12.1. The Morgan fingerprint density at radius 1 is 1.24 bits per heavy atom. The van der Waals surface area contributed by atoms with Crippen LogP contribution in [0.4, 0.5) is 0 Å². The van der Waals surface area contributed by atoms with Gasteiger partial charge in [0.1, 0.15) is 11.4 Å². The minimum atomic E-state index is -0.523. The molecule has 5 nitrogen and oxygen atoms in total. The molecule has 0 aliphatic heterocycles. The quantitative estimate of drug-likeness (QED) is 0.396. The highest BCUT2D eigenvalue weighted by atomic mass is 35.5. The van der Waals surface area contributed by atoms with Crippen LogP contribution in [0.3, 0.4) is 0 Å². The summed E-state index contributed by atoms with van der Waals surface area (Å²) in [7, 11) is 0. The molecule has 0 aliphatic carbocycles. The molecular formula is C19H16ClN3O2. The number of carbonyl (C=O) groups excluding carboxylic acids is 1. The van der Waals surface area contributed by atoms with E-state index in [-0.39, 0.29) is 0 Å². The van der Waals surface area contributed by atoms with E-state index < -0.39 is 5.97 Å². The Morgan fingerprint density at radius 3 is 2.84 bits per heavy atom. The number of hydrogen-bond donors (Lipinski definition) is 0. The highest BCUT2D eigenvalue weighted by molar-refractivity contribution is 6.32. The maximum absolute atomic E-state index is 11.9. The number of nitrogens with zero attached hydrogens (tertiary/aromatic N) is 3. The highest BCUT2D eigenvalue weighted by Crippen LogP contribution is 2.25. The van der Waals surface area contributed by atoms with Gasteiger partial charge in [-0.05, 0) is 36.3 Å². The van der Waals surface area contributed by atoms with Gasteiger partial charge in [-0.25, -0.2) is 9.48 Å². The maximum atomic E-state index is 11.9. The number of carbonyl (C=O) groups is 1. The van der Waals surface area contributed by atoms with Crippen LogP contribution in [0, 0.1) is 6.92 Å². The second-order valence-electron chi connectivity index (χ2n) is 5.51. The van der Waals surface area contributed by atoms with Gasteiger partial charge < -0.3 is 4.74 Å². The van der Waals surface area contributed by atoms with Crippen molar-refractivity contribution in [1.82, 2.24) is 15.0 Å². The molecule has 2 aromatic carbocycles. The molecule has 0 saturated carbocycles. The van der Waals surface area contributed by atoms with Crippen molar-refractivity contribution in [3.63, 3.8) is 0 Å². The van der Waals surface area contributed by atoms with Crippen molar-refractivity contribution in [3.8, 4) is 5.75 Å². The monoisotopic (exact) mass is 353 g/mol. The van der Waals surface area contributed by atoms with Crippen molar-refractivity contribution in [3.05, 3.63) is 82.6 Å². The summed E-state index contributed by atoms with van der Waals surface area (Å²) in [5.41, 5.74) is 2.65. The molecular weight excluding hydrogens is 338 g/mol. The van der Waals surface area contributed by atoms with E-state index in [1.165, 1.54) is 6.08 Å². The fourth-order valence-electron chi connectivity index (χ4n) is 2.22. The van der Waals surface area contributed by atoms with Gasteiger partial charge in [-0.3, -0.25) is 0 Å². The van der Waals surface area contributed by atoms with Gasteiger partial charge in [-0.2, -0.15) is 0 Å². The molecule has 3 rings (SSSR count). The molecule has 0 amide bonds. The fourth-order valence-corrected chi connectivity index (χ4v) is 2.38. The minimum absolute atomic E-state index is 0.337. The molecule has 0 saturated heterocycles. The summed E-state index contributed by atoms with van der Waals surface area (Å²) in [5, 5.41) is 8.45. The average molecular weight is 354 g/mol. The van der Waals surface area contributed by atoms with Gasteiger partial charge in [0, 0.05) is 6.08 Å². The topological polar surface area (TPSA) is 57.0 Å². The Kier molecular flexibility index (Phi) is 5.26. The Hall–Kier alpha value is -2.92. The van der Waals surface area contributed by atoms with E-state index in [0.29, 0.717) is 23.0 Å². The van der Waals surface area contributed by atoms with Crippen molar-refractivity contribution >= 4 is 23.6 Å². The number of rotatable bonds is 5. The largest absolute Gasteiger partial charge is 0.422 e. The first kappa shape index (κ1) is 16.9. The second-order valence-corrected chi connectivity index (χ2v) is 5.92. The van der Waals surface area contributed by atoms with Crippen molar-refractivity contribution < 1.29 is 9.53 Å². The van der Waals surface area contributed by atoms with E-state index in [0.717, 1.165) is 11.1 Å². The van der Waals surface area contributed by atoms with Crippen LogP contribution in [0.25, 0.3) is 6.08 Å². The van der Waals surface area contributed by atoms with Crippen LogP contribution in [0.5, 0.6) is 5.75 Å². The summed E-state index contributed by atoms with van der Waals surface area (Å²) in [6.45, 7) is 2.51. The molecule has 3 aromatic rings. The number of hydrogen-bond acceptors (Lipinski definition) is 4. The van der Waals surface area contributed by atoms with Crippen LogP contribution in [0.2, 0.25) is 5.02 Å². The Morgan fingerprint density at radius 2 is 2.04 bits per heavy atom. The lowest BCUT2D eigenvalue weighted by Gasteiger charge is -2.04. The normalized spacial score (nSPS) is 11.0. The van der Waals surface area contributed by atoms with Gasteiger partial charge >= 0.3 is 5.97 Å². The lowest BCUT2D eigenvalue weighted by Crippen LogP contribution is -2.04. The lowest BCUT2D eigenvalue weighted by molar-refractivity contribution is -0.128. The molecule has 1 aromatic heterocycles. The van der Waals surface area contributed by atoms with Gasteiger partial charge in [-0.15, -0.1) is 5.10 Å². The second kappa shape index (κ2) is 7.77. The first-order valence-corrected chi connectivity index (χ1v) is 8.08. The summed E-state index contributed by atoms with van der Waals surface area (Å²) in [5.74, 6) is -0.186. The van der Waals surface area contributed by atoms with Crippen molar-refractivity contribution in [2.24, 2.45) is 0 Å². The molecule has 0 bridgehead atoms. The zero-order valence-electron chi connectivity index (χ0n) is 13.6. The molecule has 0 atom stereocenters. The molecule has 126 valence electrons. The molecule has 0 radical (unpaired) electrons. The first-order valence-electron chi connectivity index (χ1n) is 7.70. The van der Waals surface area contributed by atoms with Crippen molar-refractivity contribution in [2.45, 2.75) is 13.5 Å². The van der Waals surface area contributed by atoms with Crippen LogP contribution >= 0.6 is 11.6 Å². The van der Waals surface area contributed by atoms with E-state index in [1.54, 1.807) is 29.1 Å². The predicted molar refractivity (Wildman–Crippen MR) is 96.4 cm³/mol. The standard InChI is InChI=1S/C19H16ClN3O2/c1-14-7-9-17(20)18(11-14)25-19(24)10-8-16-13-23(22-21-16)12-15-5-3-2-4-6-15/h2-11,13H,12H2,1H3/b10-8+. The molecule has 0 spiro atoms. The van der Waals surface area contributed by atoms with Crippen molar-refractivity contribution in [2.75, 3.05) is 0 Å². The SMILES string of the molecule is Cc1ccc(Cl)c(OC(=O)/C=C/c2cn(Cc3ccccc3)nn2)c1. The van der Waals surface area contributed by atoms with Crippen LogP contribution in [-0.4, -0.2) is 21.0 Å². The van der Waals surface area contributed by atoms with E-state index in [2.05, 4.69) is 10.3 Å². The number of benzene rings is 2. The fraction of sp³-hybridized carbons (Fsp3) is 0.105. The maximum Gasteiger partial charge on any atom is 0.336 e. The molecule has 0 aliphatic rings. The third-order valence-electron chi connectivity index (χ3n) is 3.43. The van der Waals surface area contributed by atoms with Gasteiger partial charge in [-0.1, -0.05) is 53.2 Å². The smallest absolute Gasteiger partial charge is 0.336 e. The number of esters is 1. The van der Waals surface area contributed by atoms with Crippen LogP contribution < -0.4 is 4.74 Å². The predicted octanol–water partition coefficient (Wildman–Crippen LogP) is 3.91. The Bertz CT molecular complexity index is 904. The number of aromatic nitrogens is 3. The van der Waals surface area contributed by atoms with Gasteiger partial charge in [0.15, 0.2) is 0 Å². The molecule has 25 heavy (non-hydrogen) atoms. The zero-order chi connectivity index (χ0) is 17.6. The summed E-state index contributed by atoms with van der Waals surface area (Å²) in [6.07, 6.45) is 4.62. The van der Waals surface area contributed by atoms with Crippen molar-refractivity contribution in [1.29, 1.82) is 0 Å². The summed E-state index contributed by atoms with van der Waals surface area (Å²) < 4.78 is 6.94. The van der Waals surface area contributed by atoms with Crippen LogP contribution in [-0.2, 0) is 11.3 Å². The van der Waals surface area contributed by atoms with Gasteiger partial charge in [0.05, 0.1) is 17.8 Å². The van der Waals surface area contributed by atoms with E-state index in [9.17, 15) is 4.79 Å². The summed E-state index contributed by atoms with van der Waals surface area (Å²) >= 11 is 6.01.